The molecule has 106 heavy (non-hydrogen) atoms. The van der Waals surface area contributed by atoms with E-state index >= 15 is 0 Å². The summed E-state index contributed by atoms with van der Waals surface area (Å²) in [6.45, 7) is 12.6. The van der Waals surface area contributed by atoms with E-state index in [-0.39, 0.29) is 124 Å². The van der Waals surface area contributed by atoms with E-state index < -0.39 is 65.2 Å². The lowest BCUT2D eigenvalue weighted by molar-refractivity contribution is -0.166. The van der Waals surface area contributed by atoms with Crippen molar-refractivity contribution in [2.24, 2.45) is 0 Å². The van der Waals surface area contributed by atoms with Gasteiger partial charge in [-0.2, -0.15) is 4.98 Å². The number of hydrogen-bond donors (Lipinski definition) is 17. The second-order valence-electron chi connectivity index (χ2n) is 25.6. The molecule has 0 radical (unpaired) electrons. The van der Waals surface area contributed by atoms with Gasteiger partial charge in [0.05, 0.1) is 18.4 Å². The smallest absolute Gasteiger partial charge is 0.280 e. The Bertz CT molecular complexity index is 3580. The first-order valence-corrected chi connectivity index (χ1v) is 37.1. The van der Waals surface area contributed by atoms with Crippen LogP contribution >= 0.6 is 24.4 Å². The number of hydrogen-bond acceptors (Lipinski definition) is 21. The fraction of sp³-hybridized carbons (Fsp3) is 0.571. The molecular weight excluding hydrogens is 1410 g/mol. The fourth-order valence-electron chi connectivity index (χ4n) is 10.4. The average Bonchev–Trinajstić information content (AvgIpc) is 0.812. The number of fused-ring (bicyclic) bond motifs is 1. The number of nitrogens with two attached hydrogens (primary N) is 1. The van der Waals surface area contributed by atoms with Crippen molar-refractivity contribution >= 4 is 128 Å². The largest absolute Gasteiger partial charge is 0.379 e. The first-order chi connectivity index (χ1) is 50.7. The molecule has 0 saturated carbocycles. The molecule has 584 valence electrons. The van der Waals surface area contributed by atoms with Gasteiger partial charge in [0.1, 0.15) is 18.1 Å². The maximum absolute atomic E-state index is 13.5. The molecule has 2 heterocycles. The molecule has 0 saturated heterocycles. The minimum Gasteiger partial charge on any atom is -0.379 e. The molecule has 0 aliphatic heterocycles. The molecule has 5 atom stereocenters. The topological polar surface area (TPSA) is 483 Å². The van der Waals surface area contributed by atoms with Crippen molar-refractivity contribution in [3.8, 4) is 0 Å². The normalized spacial score (nSPS) is 12.3. The Labute approximate surface area is 628 Å². The number of benzene rings is 2. The lowest BCUT2D eigenvalue weighted by Crippen LogP contribution is -2.56. The lowest BCUT2D eigenvalue weighted by Gasteiger charge is -2.25. The number of nitrogens with one attached hydrogen (secondary N) is 13. The summed E-state index contributed by atoms with van der Waals surface area (Å²) >= 11 is 11.0. The highest BCUT2D eigenvalue weighted by molar-refractivity contribution is 7.80. The Morgan fingerprint density at radius 1 is 0.509 bits per heavy atom. The van der Waals surface area contributed by atoms with Gasteiger partial charge in [0.25, 0.3) is 11.5 Å². The number of amides is 10. The molecule has 10 amide bonds. The molecule has 0 spiro atoms. The van der Waals surface area contributed by atoms with E-state index in [1.54, 1.807) is 52.0 Å². The van der Waals surface area contributed by atoms with Crippen LogP contribution in [-0.2, 0) is 49.7 Å². The molecule has 34 nitrogen and oxygen atoms in total. The standard InChI is InChI=1S/C70H108N20O14S2/c1-7-53(83-58(94)31-22-46(5)78-63(97)48-23-25-49(26-24-48)76-43-52-44-77-62-61(80-52)67(101)87-68(71)86-62)65(99)85-55(9-3)66(100)84-54(8-2)64(98)79-45(4)21-13-17-39-75-70(106)82-51-29-27-50(28-30-51)81-69(105)74-38-16-12-20-42-90(104)60(96)35-33-57(93)73-37-15-11-19-41-89(103)59(95)34-32-56(92)72-36-14-10-18-40-88(102)47(6)91/h23-30,44-46,53-55,76,102-104H,7-22,31-43H2,1-6H3,(H,72,92)(H,73,93)(H,78,97)(H,79,98)(H,83,94)(H,84,100)(H,85,99)(H2,74,81,105)(H2,75,82,106)(H3,71,77,86,87,101)/t45-,46-,53+,54+,55+/m1/s1. The number of carbonyl (C=O) groups excluding carboxylic acids is 10. The molecule has 0 aliphatic carbocycles. The second-order valence-corrected chi connectivity index (χ2v) is 26.4. The zero-order valence-corrected chi connectivity index (χ0v) is 63.1. The Balaban J connectivity index is 0.982. The second kappa shape index (κ2) is 49.1. The average molecular weight is 1520 g/mol. The summed E-state index contributed by atoms with van der Waals surface area (Å²) in [5, 5.41) is 67.7. The van der Waals surface area contributed by atoms with E-state index in [0.717, 1.165) is 24.2 Å². The van der Waals surface area contributed by atoms with E-state index in [2.05, 4.69) is 83.7 Å². The number of anilines is 4. The van der Waals surface area contributed by atoms with Gasteiger partial charge in [-0.25, -0.2) is 25.2 Å². The number of aromatic amines is 1. The number of unbranched alkanes of at least 4 members (excludes halogenated alkanes) is 7. The molecule has 4 rings (SSSR count). The molecule has 0 unspecified atom stereocenters. The Morgan fingerprint density at radius 3 is 1.44 bits per heavy atom. The summed E-state index contributed by atoms with van der Waals surface area (Å²) in [6, 6.07) is 10.7. The van der Waals surface area contributed by atoms with Crippen LogP contribution in [0.25, 0.3) is 11.2 Å². The third-order valence-electron chi connectivity index (χ3n) is 16.7. The monoisotopic (exact) mass is 1520 g/mol. The van der Waals surface area contributed by atoms with Crippen molar-refractivity contribution in [1.29, 1.82) is 0 Å². The van der Waals surface area contributed by atoms with Crippen LogP contribution in [-0.4, -0.2) is 196 Å². The van der Waals surface area contributed by atoms with Crippen molar-refractivity contribution < 1.29 is 63.6 Å². The third-order valence-corrected chi connectivity index (χ3v) is 17.2. The zero-order chi connectivity index (χ0) is 77.9. The van der Waals surface area contributed by atoms with Crippen molar-refractivity contribution in [3.05, 3.63) is 76.3 Å². The van der Waals surface area contributed by atoms with Gasteiger partial charge in [-0.1, -0.05) is 20.8 Å². The number of H-pyrrole nitrogens is 1. The molecule has 2 aromatic heterocycles. The molecule has 2 aromatic carbocycles. The molecule has 4 aromatic rings. The number of nitrogens with zero attached hydrogens (tertiary/aromatic N) is 6. The predicted octanol–water partition coefficient (Wildman–Crippen LogP) is 4.42. The van der Waals surface area contributed by atoms with E-state index in [0.29, 0.717) is 139 Å². The van der Waals surface area contributed by atoms with Gasteiger partial charge in [0.15, 0.2) is 21.4 Å². The van der Waals surface area contributed by atoms with Crippen LogP contribution < -0.4 is 75.1 Å². The Kier molecular flexibility index (Phi) is 41.0. The summed E-state index contributed by atoms with van der Waals surface area (Å²) in [5.41, 5.74) is 8.35. The molecular formula is C70H108N20O14S2. The maximum Gasteiger partial charge on any atom is 0.280 e. The van der Waals surface area contributed by atoms with Crippen LogP contribution in [0.3, 0.4) is 0 Å². The van der Waals surface area contributed by atoms with Crippen LogP contribution in [0.4, 0.5) is 23.0 Å². The quantitative estimate of drug-likeness (QED) is 0.0126. The highest BCUT2D eigenvalue weighted by atomic mass is 32.1. The van der Waals surface area contributed by atoms with E-state index in [1.165, 1.54) is 13.1 Å². The minimum absolute atomic E-state index is 0.0127. The number of aromatic nitrogens is 4. The first kappa shape index (κ1) is 88.6. The number of nitrogen functional groups attached to an aromatic ring is 1. The maximum atomic E-state index is 13.5. The van der Waals surface area contributed by atoms with Crippen LogP contribution in [0.1, 0.15) is 192 Å². The molecule has 0 aliphatic rings. The fourth-order valence-corrected chi connectivity index (χ4v) is 10.8. The minimum atomic E-state index is -0.970. The van der Waals surface area contributed by atoms with E-state index in [9.17, 15) is 68.4 Å². The number of hydroxylamine groups is 6. The van der Waals surface area contributed by atoms with Gasteiger partial charge in [0.2, 0.25) is 59.1 Å². The zero-order valence-electron chi connectivity index (χ0n) is 61.5. The summed E-state index contributed by atoms with van der Waals surface area (Å²) < 4.78 is 0. The van der Waals surface area contributed by atoms with Gasteiger partial charge in [0, 0.05) is 120 Å². The van der Waals surface area contributed by atoms with Crippen molar-refractivity contribution in [1.82, 2.24) is 83.0 Å². The molecule has 0 bridgehead atoms. The Morgan fingerprint density at radius 2 is 0.953 bits per heavy atom. The summed E-state index contributed by atoms with van der Waals surface area (Å²) in [5.74, 6) is -4.49. The number of carbonyl (C=O) groups is 10. The van der Waals surface area contributed by atoms with Gasteiger partial charge in [-0.15, -0.1) is 0 Å². The molecule has 18 N–H and O–H groups in total. The van der Waals surface area contributed by atoms with E-state index in [1.807, 2.05) is 31.2 Å². The van der Waals surface area contributed by atoms with Gasteiger partial charge < -0.3 is 69.5 Å². The summed E-state index contributed by atoms with van der Waals surface area (Å²) in [7, 11) is 0. The van der Waals surface area contributed by atoms with Gasteiger partial charge in [-0.05, 0) is 190 Å². The van der Waals surface area contributed by atoms with Gasteiger partial charge >= 0.3 is 0 Å². The Hall–Kier alpha value is -9.78. The number of thiocarbonyl (C=S) groups is 2. The van der Waals surface area contributed by atoms with Gasteiger partial charge in [-0.3, -0.25) is 73.3 Å². The first-order valence-electron chi connectivity index (χ1n) is 36.2. The van der Waals surface area contributed by atoms with E-state index in [4.69, 9.17) is 30.2 Å². The predicted molar refractivity (Wildman–Crippen MR) is 408 cm³/mol. The van der Waals surface area contributed by atoms with Crippen LogP contribution in [0.2, 0.25) is 0 Å². The molecule has 36 heteroatoms. The van der Waals surface area contributed by atoms with Crippen molar-refractivity contribution in [2.75, 3.05) is 67.5 Å². The third kappa shape index (κ3) is 35.3. The highest BCUT2D eigenvalue weighted by Gasteiger charge is 2.29. The van der Waals surface area contributed by atoms with Crippen LogP contribution in [0, 0.1) is 0 Å². The lowest BCUT2D eigenvalue weighted by atomic mass is 10.1. The van der Waals surface area contributed by atoms with Crippen molar-refractivity contribution in [3.63, 3.8) is 0 Å². The SMILES string of the molecule is CC[C@H](NC(=O)CC[C@@H](C)NC(=O)c1ccc(NCc2cnc3nc(N)[nH]c(=O)c3n2)cc1)C(=O)N[C@@H](CC)C(=O)N[C@@H](CC)C(=O)N[C@H](C)CCCCNC(=S)Nc1ccc(NC(=S)NCCCCCN(O)C(=O)CCC(=O)NCCCCCN(O)C(=O)CCC(=O)NCCCCCN(O)C(C)=O)cc1. The molecule has 0 fully saturated rings. The van der Waals surface area contributed by atoms with Crippen molar-refractivity contribution in [2.45, 2.75) is 213 Å². The summed E-state index contributed by atoms with van der Waals surface area (Å²) in [4.78, 5) is 153. The number of rotatable bonds is 49. The highest BCUT2D eigenvalue weighted by Crippen LogP contribution is 2.16. The van der Waals surface area contributed by atoms with Crippen LogP contribution in [0.15, 0.2) is 59.5 Å². The summed E-state index contributed by atoms with van der Waals surface area (Å²) in [6.07, 6.45) is 9.76. The van der Waals surface area contributed by atoms with Crippen LogP contribution in [0.5, 0.6) is 0 Å².